The summed E-state index contributed by atoms with van der Waals surface area (Å²) in [6, 6.07) is 19.4. The maximum Gasteiger partial charge on any atom is 0.234 e. The highest BCUT2D eigenvalue weighted by atomic mass is 32.2. The van der Waals surface area contributed by atoms with Crippen LogP contribution in [0, 0.1) is 13.8 Å². The van der Waals surface area contributed by atoms with E-state index in [1.54, 1.807) is 17.6 Å². The lowest BCUT2D eigenvalue weighted by molar-refractivity contribution is -0.113. The first kappa shape index (κ1) is 22.1. The quantitative estimate of drug-likeness (QED) is 0.284. The van der Waals surface area contributed by atoms with E-state index < -0.39 is 0 Å². The molecule has 2 aromatic carbocycles. The van der Waals surface area contributed by atoms with Gasteiger partial charge in [0.25, 0.3) is 0 Å². The topological polar surface area (TPSA) is 85.8 Å². The van der Waals surface area contributed by atoms with Crippen molar-refractivity contribution < 1.29 is 9.21 Å². The predicted molar refractivity (Wildman–Crippen MR) is 135 cm³/mol. The highest BCUT2D eigenvalue weighted by Gasteiger charge is 2.19. The van der Waals surface area contributed by atoms with Crippen LogP contribution in [0.1, 0.15) is 10.8 Å². The fraction of sp³-hybridized carbons (Fsp3) is 0.120. The van der Waals surface area contributed by atoms with Gasteiger partial charge in [-0.15, -0.1) is 21.5 Å². The number of aryl methyl sites for hydroxylation is 2. The Balaban J connectivity index is 1.34. The van der Waals surface area contributed by atoms with Crippen LogP contribution >= 0.6 is 23.1 Å². The molecular weight excluding hydrogens is 466 g/mol. The fourth-order valence-corrected chi connectivity index (χ4v) is 4.92. The Labute approximate surface area is 204 Å². The maximum atomic E-state index is 12.8. The first-order valence-electron chi connectivity index (χ1n) is 10.6. The summed E-state index contributed by atoms with van der Waals surface area (Å²) >= 11 is 2.94. The first-order valence-corrected chi connectivity index (χ1v) is 12.5. The number of thiazole rings is 1. The highest BCUT2D eigenvalue weighted by Crippen LogP contribution is 2.30. The normalized spacial score (nSPS) is 11.0. The van der Waals surface area contributed by atoms with E-state index in [4.69, 9.17) is 4.42 Å². The van der Waals surface area contributed by atoms with Crippen molar-refractivity contribution in [3.05, 3.63) is 83.1 Å². The zero-order chi connectivity index (χ0) is 23.5. The molecule has 1 amide bonds. The smallest absolute Gasteiger partial charge is 0.234 e. The Morgan fingerprint density at radius 2 is 1.94 bits per heavy atom. The second-order valence-electron chi connectivity index (χ2n) is 7.54. The van der Waals surface area contributed by atoms with Gasteiger partial charge in [0, 0.05) is 22.3 Å². The Morgan fingerprint density at radius 3 is 2.68 bits per heavy atom. The number of rotatable bonds is 7. The van der Waals surface area contributed by atoms with Crippen molar-refractivity contribution in [3.63, 3.8) is 0 Å². The lowest BCUT2D eigenvalue weighted by atomic mass is 10.1. The zero-order valence-electron chi connectivity index (χ0n) is 18.6. The van der Waals surface area contributed by atoms with Crippen LogP contribution in [0.3, 0.4) is 0 Å². The lowest BCUT2D eigenvalue weighted by Crippen LogP contribution is -2.14. The van der Waals surface area contributed by atoms with E-state index in [0.29, 0.717) is 11.0 Å². The molecule has 170 valence electrons. The van der Waals surface area contributed by atoms with Crippen molar-refractivity contribution in [3.8, 4) is 28.3 Å². The lowest BCUT2D eigenvalue weighted by Gasteiger charge is -2.10. The minimum atomic E-state index is -0.125. The average Bonchev–Trinajstić information content (AvgIpc) is 3.58. The fourth-order valence-electron chi connectivity index (χ4n) is 3.54. The minimum Gasteiger partial charge on any atom is -0.469 e. The number of anilines is 1. The summed E-state index contributed by atoms with van der Waals surface area (Å²) in [6.07, 6.45) is 1.63. The van der Waals surface area contributed by atoms with Crippen LogP contribution in [0.2, 0.25) is 0 Å². The standard InChI is InChI=1S/C25H21N5O2S2/c1-16-21(11-12-32-16)24-28-29-25(30(24)20-9-4-3-5-10-20)34-15-23(31)27-19-8-6-7-18(13-19)22-14-33-17(2)26-22/h3-14H,15H2,1-2H3,(H,27,31). The summed E-state index contributed by atoms with van der Waals surface area (Å²) < 4.78 is 7.42. The molecule has 34 heavy (non-hydrogen) atoms. The molecule has 0 aliphatic heterocycles. The van der Waals surface area contributed by atoms with Crippen LogP contribution in [-0.2, 0) is 4.79 Å². The molecular formula is C25H21N5O2S2. The number of thioether (sulfide) groups is 1. The van der Waals surface area contributed by atoms with Gasteiger partial charge in [-0.25, -0.2) is 4.98 Å². The molecule has 0 spiro atoms. The summed E-state index contributed by atoms with van der Waals surface area (Å²) in [5, 5.41) is 15.4. The Hall–Kier alpha value is -3.69. The number of hydrogen-bond donors (Lipinski definition) is 1. The monoisotopic (exact) mass is 487 g/mol. The number of aromatic nitrogens is 4. The number of carbonyl (C=O) groups excluding carboxylic acids is 1. The number of nitrogens with one attached hydrogen (secondary N) is 1. The molecule has 0 aliphatic rings. The highest BCUT2D eigenvalue weighted by molar-refractivity contribution is 7.99. The summed E-state index contributed by atoms with van der Waals surface area (Å²) in [7, 11) is 0. The first-order chi connectivity index (χ1) is 16.6. The van der Waals surface area contributed by atoms with Crippen LogP contribution in [0.5, 0.6) is 0 Å². The predicted octanol–water partition coefficient (Wildman–Crippen LogP) is 6.00. The molecule has 0 saturated carbocycles. The molecule has 0 saturated heterocycles. The van der Waals surface area contributed by atoms with Gasteiger partial charge >= 0.3 is 0 Å². The van der Waals surface area contributed by atoms with Gasteiger partial charge < -0.3 is 9.73 Å². The molecule has 0 fully saturated rings. The van der Waals surface area contributed by atoms with Gasteiger partial charge in [0.2, 0.25) is 5.91 Å². The summed E-state index contributed by atoms with van der Waals surface area (Å²) in [4.78, 5) is 17.3. The summed E-state index contributed by atoms with van der Waals surface area (Å²) in [5.41, 5.74) is 4.39. The van der Waals surface area contributed by atoms with Gasteiger partial charge in [-0.3, -0.25) is 9.36 Å². The van der Waals surface area contributed by atoms with Crippen molar-refractivity contribution in [1.82, 2.24) is 19.7 Å². The molecule has 3 heterocycles. The number of hydrogen-bond acceptors (Lipinski definition) is 7. The largest absolute Gasteiger partial charge is 0.469 e. The van der Waals surface area contributed by atoms with Crippen LogP contribution < -0.4 is 5.32 Å². The molecule has 1 N–H and O–H groups in total. The number of benzene rings is 2. The van der Waals surface area contributed by atoms with Crippen molar-refractivity contribution in [2.45, 2.75) is 19.0 Å². The molecule has 5 aromatic rings. The average molecular weight is 488 g/mol. The maximum absolute atomic E-state index is 12.8. The van der Waals surface area contributed by atoms with Gasteiger partial charge in [-0.2, -0.15) is 0 Å². The molecule has 9 heteroatoms. The van der Waals surface area contributed by atoms with Crippen LogP contribution in [0.25, 0.3) is 28.3 Å². The van der Waals surface area contributed by atoms with Crippen molar-refractivity contribution in [2.75, 3.05) is 11.1 Å². The SMILES string of the molecule is Cc1nc(-c2cccc(NC(=O)CSc3nnc(-c4ccoc4C)n3-c3ccccc3)c2)cs1. The number of nitrogens with zero attached hydrogens (tertiary/aromatic N) is 4. The number of furan rings is 1. The van der Waals surface area contributed by atoms with E-state index in [1.165, 1.54) is 11.8 Å². The third-order valence-corrected chi connectivity index (χ3v) is 6.84. The van der Waals surface area contributed by atoms with E-state index in [0.717, 1.165) is 39.0 Å². The molecule has 0 atom stereocenters. The van der Waals surface area contributed by atoms with Gasteiger partial charge in [0.1, 0.15) is 5.76 Å². The van der Waals surface area contributed by atoms with Crippen molar-refractivity contribution in [2.24, 2.45) is 0 Å². The Bertz CT molecular complexity index is 1440. The van der Waals surface area contributed by atoms with E-state index in [9.17, 15) is 4.79 Å². The molecule has 3 aromatic heterocycles. The van der Waals surface area contributed by atoms with Crippen molar-refractivity contribution >= 4 is 34.7 Å². The van der Waals surface area contributed by atoms with Crippen LogP contribution in [-0.4, -0.2) is 31.4 Å². The van der Waals surface area contributed by atoms with Crippen LogP contribution in [0.15, 0.2) is 81.9 Å². The second-order valence-corrected chi connectivity index (χ2v) is 9.54. The van der Waals surface area contributed by atoms with Crippen LogP contribution in [0.4, 0.5) is 5.69 Å². The third-order valence-electron chi connectivity index (χ3n) is 5.14. The number of para-hydroxylation sites is 1. The summed E-state index contributed by atoms with van der Waals surface area (Å²) in [5.74, 6) is 1.50. The third kappa shape index (κ3) is 4.66. The molecule has 0 unspecified atom stereocenters. The Kier molecular flexibility index (Phi) is 6.29. The Morgan fingerprint density at radius 1 is 1.09 bits per heavy atom. The molecule has 0 bridgehead atoms. The van der Waals surface area contributed by atoms with Gasteiger partial charge in [0.15, 0.2) is 11.0 Å². The molecule has 0 radical (unpaired) electrons. The van der Waals surface area contributed by atoms with Gasteiger partial charge in [-0.1, -0.05) is 42.1 Å². The molecule has 5 rings (SSSR count). The summed E-state index contributed by atoms with van der Waals surface area (Å²) in [6.45, 7) is 3.87. The zero-order valence-corrected chi connectivity index (χ0v) is 20.2. The number of amides is 1. The number of carbonyl (C=O) groups is 1. The second kappa shape index (κ2) is 9.66. The van der Waals surface area contributed by atoms with E-state index in [2.05, 4.69) is 20.5 Å². The van der Waals surface area contributed by atoms with E-state index in [1.807, 2.05) is 84.5 Å². The van der Waals surface area contributed by atoms with Crippen molar-refractivity contribution in [1.29, 1.82) is 0 Å². The van der Waals surface area contributed by atoms with E-state index >= 15 is 0 Å². The minimum absolute atomic E-state index is 0.125. The van der Waals surface area contributed by atoms with Gasteiger partial charge in [0.05, 0.1) is 28.3 Å². The van der Waals surface area contributed by atoms with E-state index in [-0.39, 0.29) is 11.7 Å². The van der Waals surface area contributed by atoms with Gasteiger partial charge in [-0.05, 0) is 44.2 Å². The molecule has 0 aliphatic carbocycles. The molecule has 7 nitrogen and oxygen atoms in total.